The quantitative estimate of drug-likeness (QED) is 0.774. The monoisotopic (exact) mass is 275 g/mol. The summed E-state index contributed by atoms with van der Waals surface area (Å²) >= 11 is 0. The van der Waals surface area contributed by atoms with Gasteiger partial charge in [0.1, 0.15) is 11.4 Å². The van der Waals surface area contributed by atoms with Crippen LogP contribution in [0.2, 0.25) is 0 Å². The first-order chi connectivity index (χ1) is 9.54. The molecule has 2 rings (SSSR count). The molecule has 2 aromatic heterocycles. The Morgan fingerprint density at radius 1 is 1.45 bits per heavy atom. The Bertz CT molecular complexity index is 660. The second-order valence-corrected chi connectivity index (χ2v) is 4.55. The molecule has 1 atom stereocenters. The fourth-order valence-electron chi connectivity index (χ4n) is 1.96. The van der Waals surface area contributed by atoms with Crippen LogP contribution in [0.3, 0.4) is 0 Å². The molecule has 0 aromatic carbocycles. The Morgan fingerprint density at radius 3 is 2.80 bits per heavy atom. The van der Waals surface area contributed by atoms with Crippen LogP contribution < -0.4 is 10.9 Å². The molecule has 20 heavy (non-hydrogen) atoms. The highest BCUT2D eigenvalue weighted by molar-refractivity contribution is 5.95. The number of hydrogen-bond acceptors (Lipinski definition) is 4. The summed E-state index contributed by atoms with van der Waals surface area (Å²) in [7, 11) is 0. The van der Waals surface area contributed by atoms with Gasteiger partial charge in [0.2, 0.25) is 0 Å². The molecule has 0 aliphatic heterocycles. The van der Waals surface area contributed by atoms with Crippen molar-refractivity contribution in [2.24, 2.45) is 0 Å². The van der Waals surface area contributed by atoms with E-state index in [1.165, 1.54) is 0 Å². The molecule has 7 heteroatoms. The number of rotatable bonds is 4. The Morgan fingerprint density at radius 2 is 2.20 bits per heavy atom. The maximum absolute atomic E-state index is 12.3. The Hall–Kier alpha value is -2.44. The summed E-state index contributed by atoms with van der Waals surface area (Å²) in [6.07, 6.45) is 3.98. The van der Waals surface area contributed by atoms with Gasteiger partial charge in [0.25, 0.3) is 11.5 Å². The van der Waals surface area contributed by atoms with Crippen LogP contribution in [-0.4, -0.2) is 26.1 Å². The van der Waals surface area contributed by atoms with Gasteiger partial charge < -0.3 is 10.3 Å². The SMILES string of the molecule is CCC(NC(=O)c1c(C)c(C)n[nH]c1=O)c1ncc[nH]1. The van der Waals surface area contributed by atoms with Crippen molar-refractivity contribution in [1.29, 1.82) is 0 Å². The fraction of sp³-hybridized carbons (Fsp3) is 0.385. The van der Waals surface area contributed by atoms with Crippen LogP contribution in [0.4, 0.5) is 0 Å². The Labute approximate surface area is 115 Å². The predicted molar refractivity (Wildman–Crippen MR) is 73.4 cm³/mol. The van der Waals surface area contributed by atoms with Gasteiger partial charge in [0.05, 0.1) is 11.7 Å². The van der Waals surface area contributed by atoms with Crippen LogP contribution in [0, 0.1) is 13.8 Å². The zero-order valence-corrected chi connectivity index (χ0v) is 11.7. The van der Waals surface area contributed by atoms with E-state index >= 15 is 0 Å². The maximum Gasteiger partial charge on any atom is 0.277 e. The molecule has 0 saturated carbocycles. The Balaban J connectivity index is 2.29. The number of aromatic nitrogens is 4. The topological polar surface area (TPSA) is 104 Å². The lowest BCUT2D eigenvalue weighted by molar-refractivity contribution is 0.0931. The van der Waals surface area contributed by atoms with Crippen molar-refractivity contribution in [1.82, 2.24) is 25.5 Å². The number of carbonyl (C=O) groups is 1. The van der Waals surface area contributed by atoms with Gasteiger partial charge in [-0.1, -0.05) is 6.92 Å². The first kappa shape index (κ1) is 14.0. The molecule has 0 aliphatic rings. The molecule has 0 spiro atoms. The van der Waals surface area contributed by atoms with Gasteiger partial charge in [-0.2, -0.15) is 5.10 Å². The van der Waals surface area contributed by atoms with Gasteiger partial charge in [-0.15, -0.1) is 0 Å². The zero-order valence-electron chi connectivity index (χ0n) is 11.7. The lowest BCUT2D eigenvalue weighted by Gasteiger charge is -2.15. The minimum absolute atomic E-state index is 0.0995. The van der Waals surface area contributed by atoms with E-state index in [9.17, 15) is 9.59 Å². The number of nitrogens with zero attached hydrogens (tertiary/aromatic N) is 2. The highest BCUT2D eigenvalue weighted by Gasteiger charge is 2.20. The number of imidazole rings is 1. The standard InChI is InChI=1S/C13H17N5O2/c1-4-9(11-14-5-6-15-11)16-12(19)10-7(2)8(3)17-18-13(10)20/h5-6,9H,4H2,1-3H3,(H,14,15)(H,16,19)(H,18,20). The number of carbonyl (C=O) groups excluding carboxylic acids is 1. The second-order valence-electron chi connectivity index (χ2n) is 4.55. The average molecular weight is 275 g/mol. The van der Waals surface area contributed by atoms with E-state index in [1.54, 1.807) is 26.2 Å². The van der Waals surface area contributed by atoms with E-state index < -0.39 is 11.5 Å². The van der Waals surface area contributed by atoms with Gasteiger partial charge in [-0.05, 0) is 25.8 Å². The van der Waals surface area contributed by atoms with Crippen molar-refractivity contribution in [3.05, 3.63) is 45.4 Å². The second kappa shape index (κ2) is 5.68. The van der Waals surface area contributed by atoms with Crippen LogP contribution in [0.15, 0.2) is 17.2 Å². The molecule has 1 amide bonds. The summed E-state index contributed by atoms with van der Waals surface area (Å²) in [4.78, 5) is 31.2. The van der Waals surface area contributed by atoms with E-state index in [1.807, 2.05) is 6.92 Å². The van der Waals surface area contributed by atoms with Crippen LogP contribution >= 0.6 is 0 Å². The molecule has 106 valence electrons. The lowest BCUT2D eigenvalue weighted by atomic mass is 10.1. The first-order valence-corrected chi connectivity index (χ1v) is 6.40. The van der Waals surface area contributed by atoms with Gasteiger partial charge in [-0.3, -0.25) is 9.59 Å². The summed E-state index contributed by atoms with van der Waals surface area (Å²) in [6, 6.07) is -0.259. The van der Waals surface area contributed by atoms with Crippen molar-refractivity contribution in [2.75, 3.05) is 0 Å². The lowest BCUT2D eigenvalue weighted by Crippen LogP contribution is -2.34. The van der Waals surface area contributed by atoms with E-state index in [0.29, 0.717) is 23.5 Å². The largest absolute Gasteiger partial charge is 0.347 e. The average Bonchev–Trinajstić information content (AvgIpc) is 2.94. The third-order valence-corrected chi connectivity index (χ3v) is 3.26. The van der Waals surface area contributed by atoms with Gasteiger partial charge in [0.15, 0.2) is 0 Å². The smallest absolute Gasteiger partial charge is 0.277 e. The van der Waals surface area contributed by atoms with Crippen LogP contribution in [0.25, 0.3) is 0 Å². The zero-order chi connectivity index (χ0) is 14.7. The molecule has 3 N–H and O–H groups in total. The summed E-state index contributed by atoms with van der Waals surface area (Å²) in [5.74, 6) is 0.248. The van der Waals surface area contributed by atoms with Crippen molar-refractivity contribution in [3.63, 3.8) is 0 Å². The number of amides is 1. The van der Waals surface area contributed by atoms with Gasteiger partial charge in [0, 0.05) is 12.4 Å². The normalized spacial score (nSPS) is 12.2. The molecule has 0 aliphatic carbocycles. The van der Waals surface area contributed by atoms with E-state index in [-0.39, 0.29) is 11.6 Å². The molecule has 2 heterocycles. The van der Waals surface area contributed by atoms with E-state index in [0.717, 1.165) is 0 Å². The van der Waals surface area contributed by atoms with Crippen molar-refractivity contribution in [2.45, 2.75) is 33.2 Å². The third-order valence-electron chi connectivity index (χ3n) is 3.26. The third kappa shape index (κ3) is 2.61. The van der Waals surface area contributed by atoms with Gasteiger partial charge in [-0.25, -0.2) is 10.1 Å². The maximum atomic E-state index is 12.3. The predicted octanol–water partition coefficient (Wildman–Crippen LogP) is 0.991. The number of aryl methyl sites for hydroxylation is 1. The minimum Gasteiger partial charge on any atom is -0.347 e. The molecule has 7 nitrogen and oxygen atoms in total. The summed E-state index contributed by atoms with van der Waals surface area (Å²) in [5, 5.41) is 8.97. The van der Waals surface area contributed by atoms with Crippen molar-refractivity contribution < 1.29 is 4.79 Å². The fourth-order valence-corrected chi connectivity index (χ4v) is 1.96. The number of hydrogen-bond donors (Lipinski definition) is 3. The summed E-state index contributed by atoms with van der Waals surface area (Å²) in [6.45, 7) is 5.38. The minimum atomic E-state index is -0.486. The van der Waals surface area contributed by atoms with Crippen LogP contribution in [0.5, 0.6) is 0 Å². The van der Waals surface area contributed by atoms with Crippen LogP contribution in [-0.2, 0) is 0 Å². The summed E-state index contributed by atoms with van der Waals surface area (Å²) < 4.78 is 0. The molecular formula is C13H17N5O2. The van der Waals surface area contributed by atoms with Crippen molar-refractivity contribution >= 4 is 5.91 Å². The molecule has 0 fully saturated rings. The van der Waals surface area contributed by atoms with E-state index in [4.69, 9.17) is 0 Å². The number of aromatic amines is 2. The Kier molecular flexibility index (Phi) is 3.97. The molecule has 0 bridgehead atoms. The molecule has 0 radical (unpaired) electrons. The highest BCUT2D eigenvalue weighted by atomic mass is 16.2. The van der Waals surface area contributed by atoms with Gasteiger partial charge >= 0.3 is 0 Å². The van der Waals surface area contributed by atoms with Crippen LogP contribution in [0.1, 0.15) is 46.8 Å². The molecule has 2 aromatic rings. The van der Waals surface area contributed by atoms with Crippen molar-refractivity contribution in [3.8, 4) is 0 Å². The molecule has 0 saturated heterocycles. The molecular weight excluding hydrogens is 258 g/mol. The number of H-pyrrole nitrogens is 2. The van der Waals surface area contributed by atoms with E-state index in [2.05, 4.69) is 25.5 Å². The highest BCUT2D eigenvalue weighted by Crippen LogP contribution is 2.13. The molecule has 1 unspecified atom stereocenters. The number of nitrogens with one attached hydrogen (secondary N) is 3. The first-order valence-electron chi connectivity index (χ1n) is 6.40. The summed E-state index contributed by atoms with van der Waals surface area (Å²) in [5.41, 5.74) is 0.823.